The van der Waals surface area contributed by atoms with Gasteiger partial charge in [0.1, 0.15) is 0 Å². The Morgan fingerprint density at radius 3 is 2.53 bits per heavy atom. The van der Waals surface area contributed by atoms with Gasteiger partial charge in [0.2, 0.25) is 0 Å². The summed E-state index contributed by atoms with van der Waals surface area (Å²) in [7, 11) is 0. The summed E-state index contributed by atoms with van der Waals surface area (Å²) in [5, 5.41) is 18.8. The van der Waals surface area contributed by atoms with Gasteiger partial charge < -0.3 is 5.11 Å². The van der Waals surface area contributed by atoms with Crippen LogP contribution in [0.25, 0.3) is 0 Å². The zero-order valence-corrected chi connectivity index (χ0v) is 10.6. The second-order valence-corrected chi connectivity index (χ2v) is 5.67. The van der Waals surface area contributed by atoms with E-state index < -0.39 is 0 Å². The molecule has 0 bridgehead atoms. The molecular weight excluding hydrogens is 212 g/mol. The Hall–Kier alpha value is -0.590. The molecule has 0 aromatic rings. The molecular formula is C14H24N2O. The third-order valence-electron chi connectivity index (χ3n) is 4.10. The molecule has 2 fully saturated rings. The number of hydrogen-bond donors (Lipinski definition) is 1. The van der Waals surface area contributed by atoms with E-state index in [4.69, 9.17) is 5.26 Å². The number of aliphatic hydroxyl groups excluding tert-OH is 1. The first-order valence-electron chi connectivity index (χ1n) is 7.08. The smallest absolute Gasteiger partial charge is 0.0669 e. The van der Waals surface area contributed by atoms with Gasteiger partial charge in [-0.1, -0.05) is 25.7 Å². The molecule has 1 atom stereocenters. The van der Waals surface area contributed by atoms with Crippen LogP contribution in [0.3, 0.4) is 0 Å². The molecule has 3 heteroatoms. The fraction of sp³-hybridized carbons (Fsp3) is 0.929. The van der Waals surface area contributed by atoms with Crippen LogP contribution in [-0.2, 0) is 0 Å². The first kappa shape index (κ1) is 12.9. The monoisotopic (exact) mass is 236 g/mol. The van der Waals surface area contributed by atoms with Gasteiger partial charge in [0.05, 0.1) is 12.2 Å². The minimum Gasteiger partial charge on any atom is -0.392 e. The number of rotatable bonds is 7. The van der Waals surface area contributed by atoms with Crippen LogP contribution in [0, 0.1) is 17.2 Å². The van der Waals surface area contributed by atoms with E-state index in [1.165, 1.54) is 38.5 Å². The SMILES string of the molecule is N#CCCN(CC(O)CC1CCCC1)C1CC1. The summed E-state index contributed by atoms with van der Waals surface area (Å²) in [6.07, 6.45) is 9.18. The second-order valence-electron chi connectivity index (χ2n) is 5.67. The van der Waals surface area contributed by atoms with Crippen molar-refractivity contribution >= 4 is 0 Å². The van der Waals surface area contributed by atoms with Gasteiger partial charge in [0, 0.05) is 25.6 Å². The lowest BCUT2D eigenvalue weighted by atomic mass is 10.00. The second kappa shape index (κ2) is 6.37. The van der Waals surface area contributed by atoms with Gasteiger partial charge in [-0.15, -0.1) is 0 Å². The quantitative estimate of drug-likeness (QED) is 0.738. The Balaban J connectivity index is 1.70. The lowest BCUT2D eigenvalue weighted by molar-refractivity contribution is 0.0884. The van der Waals surface area contributed by atoms with Crippen molar-refractivity contribution in [3.63, 3.8) is 0 Å². The van der Waals surface area contributed by atoms with Gasteiger partial charge in [0.25, 0.3) is 0 Å². The Morgan fingerprint density at radius 1 is 1.24 bits per heavy atom. The minimum absolute atomic E-state index is 0.183. The van der Waals surface area contributed by atoms with E-state index in [-0.39, 0.29) is 6.10 Å². The normalized spacial score (nSPS) is 22.9. The van der Waals surface area contributed by atoms with Crippen LogP contribution in [0.4, 0.5) is 0 Å². The Bertz CT molecular complexity index is 264. The van der Waals surface area contributed by atoms with E-state index in [0.29, 0.717) is 12.5 Å². The molecule has 2 aliphatic rings. The number of nitriles is 1. The van der Waals surface area contributed by atoms with Gasteiger partial charge in [-0.2, -0.15) is 5.26 Å². The van der Waals surface area contributed by atoms with E-state index in [9.17, 15) is 5.11 Å². The van der Waals surface area contributed by atoms with Gasteiger partial charge in [-0.25, -0.2) is 0 Å². The average molecular weight is 236 g/mol. The number of nitrogens with zero attached hydrogens (tertiary/aromatic N) is 2. The number of aliphatic hydroxyl groups is 1. The first-order chi connectivity index (χ1) is 8.29. The molecule has 2 saturated carbocycles. The summed E-state index contributed by atoms with van der Waals surface area (Å²) in [4.78, 5) is 2.32. The molecule has 2 aliphatic carbocycles. The van der Waals surface area contributed by atoms with Crippen LogP contribution in [-0.4, -0.2) is 35.2 Å². The zero-order chi connectivity index (χ0) is 12.1. The third kappa shape index (κ3) is 4.29. The summed E-state index contributed by atoms with van der Waals surface area (Å²) in [6, 6.07) is 2.86. The molecule has 3 nitrogen and oxygen atoms in total. The van der Waals surface area contributed by atoms with Crippen molar-refractivity contribution in [1.29, 1.82) is 5.26 Å². The van der Waals surface area contributed by atoms with Crippen molar-refractivity contribution in [2.45, 2.75) is 63.5 Å². The highest BCUT2D eigenvalue weighted by molar-refractivity contribution is 4.88. The highest BCUT2D eigenvalue weighted by Crippen LogP contribution is 2.30. The maximum Gasteiger partial charge on any atom is 0.0669 e. The molecule has 0 radical (unpaired) electrons. The molecule has 0 heterocycles. The fourth-order valence-corrected chi connectivity index (χ4v) is 3.03. The van der Waals surface area contributed by atoms with Crippen molar-refractivity contribution in [1.82, 2.24) is 4.90 Å². The van der Waals surface area contributed by atoms with E-state index in [1.54, 1.807) is 0 Å². The maximum atomic E-state index is 10.1. The largest absolute Gasteiger partial charge is 0.392 e. The molecule has 0 spiro atoms. The van der Waals surface area contributed by atoms with Gasteiger partial charge in [-0.3, -0.25) is 4.90 Å². The molecule has 1 unspecified atom stereocenters. The van der Waals surface area contributed by atoms with Crippen LogP contribution in [0.5, 0.6) is 0 Å². The Labute approximate surface area is 104 Å². The predicted octanol–water partition coefficient (Wildman–Crippen LogP) is 2.31. The van der Waals surface area contributed by atoms with Crippen LogP contribution in [0.15, 0.2) is 0 Å². The zero-order valence-electron chi connectivity index (χ0n) is 10.6. The van der Waals surface area contributed by atoms with Crippen LogP contribution < -0.4 is 0 Å². The molecule has 0 amide bonds. The van der Waals surface area contributed by atoms with Gasteiger partial charge in [-0.05, 0) is 25.2 Å². The molecule has 96 valence electrons. The minimum atomic E-state index is -0.183. The Kier molecular flexibility index (Phi) is 4.82. The van der Waals surface area contributed by atoms with Crippen molar-refractivity contribution in [2.24, 2.45) is 5.92 Å². The van der Waals surface area contributed by atoms with Crippen LogP contribution in [0.1, 0.15) is 51.4 Å². The van der Waals surface area contributed by atoms with Crippen molar-refractivity contribution in [2.75, 3.05) is 13.1 Å². The van der Waals surface area contributed by atoms with Crippen LogP contribution >= 0.6 is 0 Å². The van der Waals surface area contributed by atoms with Gasteiger partial charge in [0.15, 0.2) is 0 Å². The molecule has 0 saturated heterocycles. The topological polar surface area (TPSA) is 47.3 Å². The van der Waals surface area contributed by atoms with E-state index >= 15 is 0 Å². The summed E-state index contributed by atoms with van der Waals surface area (Å²) in [5.74, 6) is 0.752. The third-order valence-corrected chi connectivity index (χ3v) is 4.10. The Morgan fingerprint density at radius 2 is 1.94 bits per heavy atom. The molecule has 2 rings (SSSR count). The molecule has 1 N–H and O–H groups in total. The lowest BCUT2D eigenvalue weighted by Crippen LogP contribution is -2.35. The molecule has 0 aromatic carbocycles. The fourth-order valence-electron chi connectivity index (χ4n) is 3.03. The highest BCUT2D eigenvalue weighted by atomic mass is 16.3. The number of hydrogen-bond acceptors (Lipinski definition) is 3. The van der Waals surface area contributed by atoms with Crippen LogP contribution in [0.2, 0.25) is 0 Å². The molecule has 0 aromatic heterocycles. The van der Waals surface area contributed by atoms with Crippen molar-refractivity contribution < 1.29 is 5.11 Å². The van der Waals surface area contributed by atoms with E-state index in [2.05, 4.69) is 11.0 Å². The highest BCUT2D eigenvalue weighted by Gasteiger charge is 2.30. The van der Waals surface area contributed by atoms with E-state index in [0.717, 1.165) is 25.4 Å². The summed E-state index contributed by atoms with van der Waals surface area (Å²) in [5.41, 5.74) is 0. The van der Waals surface area contributed by atoms with Gasteiger partial charge >= 0.3 is 0 Å². The summed E-state index contributed by atoms with van der Waals surface area (Å²) in [6.45, 7) is 1.62. The first-order valence-corrected chi connectivity index (χ1v) is 7.08. The molecule has 17 heavy (non-hydrogen) atoms. The lowest BCUT2D eigenvalue weighted by Gasteiger charge is -2.25. The summed E-state index contributed by atoms with van der Waals surface area (Å²) >= 11 is 0. The summed E-state index contributed by atoms with van der Waals surface area (Å²) < 4.78 is 0. The standard InChI is InChI=1S/C14H24N2O/c15-8-3-9-16(13-6-7-13)11-14(17)10-12-4-1-2-5-12/h12-14,17H,1-7,9-11H2. The maximum absolute atomic E-state index is 10.1. The van der Waals surface area contributed by atoms with Crippen molar-refractivity contribution in [3.05, 3.63) is 0 Å². The predicted molar refractivity (Wildman–Crippen MR) is 67.4 cm³/mol. The van der Waals surface area contributed by atoms with Crippen molar-refractivity contribution in [3.8, 4) is 6.07 Å². The molecule has 0 aliphatic heterocycles. The van der Waals surface area contributed by atoms with E-state index in [1.807, 2.05) is 0 Å². The average Bonchev–Trinajstić information content (AvgIpc) is 3.04.